The van der Waals surface area contributed by atoms with E-state index in [0.29, 0.717) is 29.6 Å². The van der Waals surface area contributed by atoms with Crippen LogP contribution in [0.5, 0.6) is 11.5 Å². The van der Waals surface area contributed by atoms with Crippen molar-refractivity contribution in [3.05, 3.63) is 42.2 Å². The minimum Gasteiger partial charge on any atom is -0.493 e. The van der Waals surface area contributed by atoms with Crippen LogP contribution in [0.1, 0.15) is 17.3 Å². The Morgan fingerprint density at radius 1 is 1.22 bits per heavy atom. The van der Waals surface area contributed by atoms with E-state index in [1.54, 1.807) is 14.2 Å². The second-order valence-corrected chi connectivity index (χ2v) is 4.88. The molecule has 0 aliphatic heterocycles. The van der Waals surface area contributed by atoms with E-state index < -0.39 is 0 Å². The first-order valence-electron chi connectivity index (χ1n) is 7.20. The molecule has 1 atom stereocenters. The third kappa shape index (κ3) is 4.57. The summed E-state index contributed by atoms with van der Waals surface area (Å²) in [5.41, 5.74) is 0.396. The molecule has 1 amide bonds. The molecule has 0 aliphatic rings. The fourth-order valence-corrected chi connectivity index (χ4v) is 1.88. The quantitative estimate of drug-likeness (QED) is 0.809. The molecule has 0 spiro atoms. The van der Waals surface area contributed by atoms with Gasteiger partial charge in [-0.1, -0.05) is 12.1 Å². The number of para-hydroxylation sites is 2. The van der Waals surface area contributed by atoms with E-state index in [1.807, 2.05) is 31.2 Å². The summed E-state index contributed by atoms with van der Waals surface area (Å²) in [4.78, 5) is 20.1. The number of benzene rings is 1. The van der Waals surface area contributed by atoms with Crippen LogP contribution in [0.3, 0.4) is 0 Å². The summed E-state index contributed by atoms with van der Waals surface area (Å²) < 4.78 is 10.9. The van der Waals surface area contributed by atoms with Gasteiger partial charge in [0.2, 0.25) is 5.95 Å². The second-order valence-electron chi connectivity index (χ2n) is 4.88. The van der Waals surface area contributed by atoms with Crippen LogP contribution in [0, 0.1) is 0 Å². The van der Waals surface area contributed by atoms with Gasteiger partial charge in [-0.3, -0.25) is 4.79 Å². The number of hydrogen-bond acceptors (Lipinski definition) is 6. The molecule has 2 aromatic rings. The Labute approximate surface area is 135 Å². The van der Waals surface area contributed by atoms with Gasteiger partial charge in [0, 0.05) is 19.4 Å². The fraction of sp³-hybridized carbons (Fsp3) is 0.312. The molecule has 7 nitrogen and oxygen atoms in total. The average Bonchev–Trinajstić information content (AvgIpc) is 2.60. The summed E-state index contributed by atoms with van der Waals surface area (Å²) in [5, 5.41) is 5.63. The highest BCUT2D eigenvalue weighted by Gasteiger charge is 2.12. The Kier molecular flexibility index (Phi) is 5.74. The summed E-state index contributed by atoms with van der Waals surface area (Å²) in [6.45, 7) is 2.18. The number of rotatable bonds is 7. The monoisotopic (exact) mass is 316 g/mol. The van der Waals surface area contributed by atoms with Crippen molar-refractivity contribution in [2.45, 2.75) is 13.0 Å². The van der Waals surface area contributed by atoms with Gasteiger partial charge in [0.05, 0.1) is 18.7 Å². The SMILES string of the molecule is CNc1ncc(C(=O)NC(C)COc2ccccc2OC)cn1. The molecule has 0 aliphatic carbocycles. The topological polar surface area (TPSA) is 85.4 Å². The zero-order chi connectivity index (χ0) is 16.7. The largest absolute Gasteiger partial charge is 0.493 e. The molecule has 7 heteroatoms. The molecule has 1 aromatic heterocycles. The molecule has 2 rings (SSSR count). The smallest absolute Gasteiger partial charge is 0.254 e. The molecule has 122 valence electrons. The highest BCUT2D eigenvalue weighted by Crippen LogP contribution is 2.25. The molecule has 0 radical (unpaired) electrons. The first-order chi connectivity index (χ1) is 11.1. The van der Waals surface area contributed by atoms with E-state index in [4.69, 9.17) is 9.47 Å². The third-order valence-corrected chi connectivity index (χ3v) is 3.07. The number of amides is 1. The van der Waals surface area contributed by atoms with Crippen LogP contribution < -0.4 is 20.1 Å². The first-order valence-corrected chi connectivity index (χ1v) is 7.20. The Bertz CT molecular complexity index is 646. The van der Waals surface area contributed by atoms with Crippen LogP contribution in [0.4, 0.5) is 5.95 Å². The molecule has 1 heterocycles. The van der Waals surface area contributed by atoms with Crippen molar-refractivity contribution < 1.29 is 14.3 Å². The highest BCUT2D eigenvalue weighted by atomic mass is 16.5. The maximum absolute atomic E-state index is 12.1. The zero-order valence-corrected chi connectivity index (χ0v) is 13.4. The van der Waals surface area contributed by atoms with Crippen molar-refractivity contribution in [1.29, 1.82) is 0 Å². The van der Waals surface area contributed by atoms with E-state index in [-0.39, 0.29) is 11.9 Å². The van der Waals surface area contributed by atoms with Crippen molar-refractivity contribution in [2.24, 2.45) is 0 Å². The van der Waals surface area contributed by atoms with Crippen molar-refractivity contribution >= 4 is 11.9 Å². The van der Waals surface area contributed by atoms with Crippen LogP contribution >= 0.6 is 0 Å². The van der Waals surface area contributed by atoms with E-state index in [2.05, 4.69) is 20.6 Å². The molecule has 2 N–H and O–H groups in total. The van der Waals surface area contributed by atoms with E-state index in [9.17, 15) is 4.79 Å². The lowest BCUT2D eigenvalue weighted by molar-refractivity contribution is 0.0925. The predicted octanol–water partition coefficient (Wildman–Crippen LogP) is 1.72. The van der Waals surface area contributed by atoms with Crippen molar-refractivity contribution in [2.75, 3.05) is 26.1 Å². The Hall–Kier alpha value is -2.83. The maximum atomic E-state index is 12.1. The van der Waals surface area contributed by atoms with Gasteiger partial charge in [0.1, 0.15) is 6.61 Å². The van der Waals surface area contributed by atoms with Gasteiger partial charge in [-0.25, -0.2) is 9.97 Å². The second kappa shape index (κ2) is 7.98. The van der Waals surface area contributed by atoms with Crippen LogP contribution in [0.25, 0.3) is 0 Å². The molecule has 23 heavy (non-hydrogen) atoms. The van der Waals surface area contributed by atoms with Crippen molar-refractivity contribution in [3.8, 4) is 11.5 Å². The summed E-state index contributed by atoms with van der Waals surface area (Å²) in [5.74, 6) is 1.51. The first kappa shape index (κ1) is 16.5. The number of carbonyl (C=O) groups excluding carboxylic acids is 1. The molecule has 0 saturated carbocycles. The molecule has 0 saturated heterocycles. The fourth-order valence-electron chi connectivity index (χ4n) is 1.88. The minimum atomic E-state index is -0.247. The Balaban J connectivity index is 1.88. The zero-order valence-electron chi connectivity index (χ0n) is 13.4. The van der Waals surface area contributed by atoms with E-state index in [0.717, 1.165) is 0 Å². The maximum Gasteiger partial charge on any atom is 0.254 e. The van der Waals surface area contributed by atoms with Crippen molar-refractivity contribution in [3.63, 3.8) is 0 Å². The van der Waals surface area contributed by atoms with E-state index in [1.165, 1.54) is 12.4 Å². The third-order valence-electron chi connectivity index (χ3n) is 3.07. The summed E-state index contributed by atoms with van der Waals surface area (Å²) >= 11 is 0. The summed E-state index contributed by atoms with van der Waals surface area (Å²) in [7, 11) is 3.30. The number of methoxy groups -OCH3 is 1. The Morgan fingerprint density at radius 2 is 1.87 bits per heavy atom. The van der Waals surface area contributed by atoms with Crippen LogP contribution in [-0.4, -0.2) is 42.7 Å². The summed E-state index contributed by atoms with van der Waals surface area (Å²) in [6.07, 6.45) is 2.95. The molecule has 0 fully saturated rings. The number of anilines is 1. The number of hydrogen-bond donors (Lipinski definition) is 2. The lowest BCUT2D eigenvalue weighted by Gasteiger charge is -2.16. The lowest BCUT2D eigenvalue weighted by Crippen LogP contribution is -2.36. The number of aromatic nitrogens is 2. The predicted molar refractivity (Wildman–Crippen MR) is 87.0 cm³/mol. The van der Waals surface area contributed by atoms with Gasteiger partial charge >= 0.3 is 0 Å². The van der Waals surface area contributed by atoms with Gasteiger partial charge < -0.3 is 20.1 Å². The van der Waals surface area contributed by atoms with Crippen LogP contribution in [0.2, 0.25) is 0 Å². The molecular weight excluding hydrogens is 296 g/mol. The average molecular weight is 316 g/mol. The lowest BCUT2D eigenvalue weighted by atomic mass is 10.2. The van der Waals surface area contributed by atoms with Gasteiger partial charge in [-0.15, -0.1) is 0 Å². The molecule has 1 unspecified atom stereocenters. The molecule has 1 aromatic carbocycles. The Morgan fingerprint density at radius 3 is 2.48 bits per heavy atom. The standard InChI is InChI=1S/C16H20N4O3/c1-11(10-23-14-7-5-4-6-13(14)22-3)20-15(21)12-8-18-16(17-2)19-9-12/h4-9,11H,10H2,1-3H3,(H,20,21)(H,17,18,19). The molecule has 0 bridgehead atoms. The molecular formula is C16H20N4O3. The highest BCUT2D eigenvalue weighted by molar-refractivity contribution is 5.93. The van der Waals surface area contributed by atoms with E-state index >= 15 is 0 Å². The number of carbonyl (C=O) groups is 1. The summed E-state index contributed by atoms with van der Waals surface area (Å²) in [6, 6.07) is 7.18. The van der Waals surface area contributed by atoms with Crippen molar-refractivity contribution in [1.82, 2.24) is 15.3 Å². The number of ether oxygens (including phenoxy) is 2. The van der Waals surface area contributed by atoms with Gasteiger partial charge in [-0.05, 0) is 19.1 Å². The van der Waals surface area contributed by atoms with Gasteiger partial charge in [-0.2, -0.15) is 0 Å². The number of nitrogens with one attached hydrogen (secondary N) is 2. The van der Waals surface area contributed by atoms with Crippen LogP contribution in [0.15, 0.2) is 36.7 Å². The van der Waals surface area contributed by atoms with Crippen LogP contribution in [-0.2, 0) is 0 Å². The van der Waals surface area contributed by atoms with Gasteiger partial charge in [0.25, 0.3) is 5.91 Å². The normalized spacial score (nSPS) is 11.4. The minimum absolute atomic E-state index is 0.184. The van der Waals surface area contributed by atoms with Gasteiger partial charge in [0.15, 0.2) is 11.5 Å². The number of nitrogens with zero attached hydrogens (tertiary/aromatic N) is 2.